The lowest BCUT2D eigenvalue weighted by molar-refractivity contribution is 0.390. The maximum absolute atomic E-state index is 4.83. The summed E-state index contributed by atoms with van der Waals surface area (Å²) in [5.74, 6) is 0.762. The average Bonchev–Trinajstić information content (AvgIpc) is 3.10. The zero-order valence-electron chi connectivity index (χ0n) is 13.1. The lowest BCUT2D eigenvalue weighted by Crippen LogP contribution is -2.31. The van der Waals surface area contributed by atoms with Crippen molar-refractivity contribution in [2.24, 2.45) is 5.92 Å². The van der Waals surface area contributed by atoms with Gasteiger partial charge in [-0.3, -0.25) is 0 Å². The topological polar surface area (TPSA) is 37.0 Å². The van der Waals surface area contributed by atoms with Crippen molar-refractivity contribution in [3.8, 4) is 11.3 Å². The second-order valence-electron chi connectivity index (χ2n) is 6.13. The van der Waals surface area contributed by atoms with Gasteiger partial charge in [-0.1, -0.05) is 30.3 Å². The van der Waals surface area contributed by atoms with Crippen LogP contribution in [0.5, 0.6) is 0 Å². The fraction of sp³-hybridized carbons (Fsp3) is 0.316. The van der Waals surface area contributed by atoms with Crippen LogP contribution in [0.3, 0.4) is 0 Å². The van der Waals surface area contributed by atoms with E-state index < -0.39 is 0 Å². The van der Waals surface area contributed by atoms with Crippen molar-refractivity contribution >= 4 is 27.2 Å². The first-order chi connectivity index (χ1) is 11.4. The number of rotatable bonds is 4. The van der Waals surface area contributed by atoms with Gasteiger partial charge in [-0.25, -0.2) is 4.98 Å². The number of aromatic nitrogens is 1. The normalized spacial score (nSPS) is 15.8. The molecule has 1 saturated heterocycles. The molecular formula is C19H21N3S. The van der Waals surface area contributed by atoms with Crippen LogP contribution in [-0.4, -0.2) is 24.6 Å². The van der Waals surface area contributed by atoms with Crippen molar-refractivity contribution < 1.29 is 0 Å². The molecule has 1 aromatic carbocycles. The molecule has 1 aliphatic rings. The predicted octanol–water partition coefficient (Wildman–Crippen LogP) is 4.37. The molecule has 0 saturated carbocycles. The highest BCUT2D eigenvalue weighted by molar-refractivity contribution is 7.16. The van der Waals surface area contributed by atoms with Crippen LogP contribution in [0.1, 0.15) is 12.8 Å². The Morgan fingerprint density at radius 3 is 2.78 bits per heavy atom. The maximum Gasteiger partial charge on any atom is 0.126 e. The summed E-state index contributed by atoms with van der Waals surface area (Å²) in [7, 11) is 0. The monoisotopic (exact) mass is 323 g/mol. The van der Waals surface area contributed by atoms with Crippen molar-refractivity contribution in [1.82, 2.24) is 10.3 Å². The number of fused-ring (bicyclic) bond motifs is 1. The van der Waals surface area contributed by atoms with E-state index in [9.17, 15) is 0 Å². The fourth-order valence-electron chi connectivity index (χ4n) is 3.19. The molecule has 4 rings (SSSR count). The molecule has 0 aliphatic carbocycles. The number of benzene rings is 1. The molecule has 1 aliphatic heterocycles. The van der Waals surface area contributed by atoms with Gasteiger partial charge in [0.15, 0.2) is 0 Å². The summed E-state index contributed by atoms with van der Waals surface area (Å²) in [6.07, 6.45) is 2.52. The molecule has 3 aromatic rings. The molecule has 3 nitrogen and oxygen atoms in total. The average molecular weight is 323 g/mol. The SMILES string of the molecule is c1ccc(-c2cc(NCC3CCNCC3)c3ccsc3n2)cc1. The minimum Gasteiger partial charge on any atom is -0.384 e. The first-order valence-electron chi connectivity index (χ1n) is 8.28. The summed E-state index contributed by atoms with van der Waals surface area (Å²) in [4.78, 5) is 5.94. The summed E-state index contributed by atoms with van der Waals surface area (Å²) in [5, 5.41) is 10.5. The first kappa shape index (κ1) is 14.7. The molecule has 0 bridgehead atoms. The number of anilines is 1. The van der Waals surface area contributed by atoms with E-state index in [0.717, 1.165) is 36.1 Å². The van der Waals surface area contributed by atoms with Gasteiger partial charge in [-0.2, -0.15) is 0 Å². The molecule has 3 heterocycles. The number of pyridine rings is 1. The highest BCUT2D eigenvalue weighted by atomic mass is 32.1. The summed E-state index contributed by atoms with van der Waals surface area (Å²) in [6.45, 7) is 3.34. The molecule has 0 spiro atoms. The van der Waals surface area contributed by atoms with E-state index in [0.29, 0.717) is 0 Å². The van der Waals surface area contributed by atoms with Crippen LogP contribution in [0.2, 0.25) is 0 Å². The molecule has 0 radical (unpaired) electrons. The van der Waals surface area contributed by atoms with Crippen LogP contribution >= 0.6 is 11.3 Å². The van der Waals surface area contributed by atoms with Crippen molar-refractivity contribution in [1.29, 1.82) is 0 Å². The zero-order valence-corrected chi connectivity index (χ0v) is 13.9. The highest BCUT2D eigenvalue weighted by Gasteiger charge is 2.14. The number of nitrogens with one attached hydrogen (secondary N) is 2. The second-order valence-corrected chi connectivity index (χ2v) is 7.03. The summed E-state index contributed by atoms with van der Waals surface area (Å²) in [6, 6.07) is 14.8. The molecule has 0 amide bonds. The lowest BCUT2D eigenvalue weighted by Gasteiger charge is -2.23. The van der Waals surface area contributed by atoms with Gasteiger partial charge < -0.3 is 10.6 Å². The van der Waals surface area contributed by atoms with Crippen LogP contribution in [-0.2, 0) is 0 Å². The van der Waals surface area contributed by atoms with E-state index >= 15 is 0 Å². The van der Waals surface area contributed by atoms with E-state index in [2.05, 4.69) is 52.4 Å². The van der Waals surface area contributed by atoms with Gasteiger partial charge in [0.05, 0.1) is 5.69 Å². The lowest BCUT2D eigenvalue weighted by atomic mass is 9.98. The van der Waals surface area contributed by atoms with Crippen LogP contribution in [0, 0.1) is 5.92 Å². The minimum atomic E-state index is 0.762. The Balaban J connectivity index is 1.63. The number of thiophene rings is 1. The summed E-state index contributed by atoms with van der Waals surface area (Å²) >= 11 is 1.71. The van der Waals surface area contributed by atoms with Crippen LogP contribution in [0.15, 0.2) is 47.8 Å². The van der Waals surface area contributed by atoms with Crippen molar-refractivity contribution in [2.45, 2.75) is 12.8 Å². The first-order valence-corrected chi connectivity index (χ1v) is 9.16. The smallest absolute Gasteiger partial charge is 0.126 e. The number of nitrogens with zero attached hydrogens (tertiary/aromatic N) is 1. The Bertz CT molecular complexity index is 776. The standard InChI is InChI=1S/C19H21N3S/c1-2-4-15(5-3-1)17-12-18(16-8-11-23-19(16)22-17)21-13-14-6-9-20-10-7-14/h1-5,8,11-12,14,20H,6-7,9-10,13H2,(H,21,22). The van der Waals surface area contributed by atoms with Gasteiger partial charge in [0.25, 0.3) is 0 Å². The molecule has 118 valence electrons. The molecule has 2 aromatic heterocycles. The quantitative estimate of drug-likeness (QED) is 0.748. The molecule has 1 fully saturated rings. The van der Waals surface area contributed by atoms with E-state index in [1.165, 1.54) is 29.5 Å². The fourth-order valence-corrected chi connectivity index (χ4v) is 3.98. The van der Waals surface area contributed by atoms with E-state index in [1.807, 2.05) is 6.07 Å². The van der Waals surface area contributed by atoms with Gasteiger partial charge in [-0.15, -0.1) is 11.3 Å². The van der Waals surface area contributed by atoms with E-state index in [1.54, 1.807) is 11.3 Å². The van der Waals surface area contributed by atoms with Crippen LogP contribution < -0.4 is 10.6 Å². The van der Waals surface area contributed by atoms with Crippen molar-refractivity contribution in [3.63, 3.8) is 0 Å². The largest absolute Gasteiger partial charge is 0.384 e. The van der Waals surface area contributed by atoms with E-state index in [-0.39, 0.29) is 0 Å². The highest BCUT2D eigenvalue weighted by Crippen LogP contribution is 2.31. The molecule has 23 heavy (non-hydrogen) atoms. The van der Waals surface area contributed by atoms with Gasteiger partial charge in [0, 0.05) is 23.2 Å². The van der Waals surface area contributed by atoms with Crippen molar-refractivity contribution in [3.05, 3.63) is 47.8 Å². The van der Waals surface area contributed by atoms with Gasteiger partial charge >= 0.3 is 0 Å². The van der Waals surface area contributed by atoms with Crippen LogP contribution in [0.25, 0.3) is 21.5 Å². The Labute approximate surface area is 140 Å². The number of hydrogen-bond acceptors (Lipinski definition) is 4. The summed E-state index contributed by atoms with van der Waals surface area (Å²) in [5.41, 5.74) is 3.44. The van der Waals surface area contributed by atoms with Crippen LogP contribution in [0.4, 0.5) is 5.69 Å². The Morgan fingerprint density at radius 2 is 1.96 bits per heavy atom. The third-order valence-corrected chi connectivity index (χ3v) is 5.35. The number of piperidine rings is 1. The molecule has 0 unspecified atom stereocenters. The molecule has 4 heteroatoms. The predicted molar refractivity (Wildman–Crippen MR) is 99.1 cm³/mol. The Morgan fingerprint density at radius 1 is 1.13 bits per heavy atom. The zero-order chi connectivity index (χ0) is 15.5. The van der Waals surface area contributed by atoms with Gasteiger partial charge in [0.1, 0.15) is 4.83 Å². The van der Waals surface area contributed by atoms with E-state index in [4.69, 9.17) is 4.98 Å². The molecule has 0 atom stereocenters. The molecular weight excluding hydrogens is 302 g/mol. The summed E-state index contributed by atoms with van der Waals surface area (Å²) < 4.78 is 0. The van der Waals surface area contributed by atoms with Gasteiger partial charge in [0.2, 0.25) is 0 Å². The molecule has 2 N–H and O–H groups in total. The van der Waals surface area contributed by atoms with Crippen molar-refractivity contribution in [2.75, 3.05) is 25.0 Å². The third-order valence-electron chi connectivity index (χ3n) is 4.55. The second kappa shape index (κ2) is 6.69. The number of hydrogen-bond donors (Lipinski definition) is 2. The Kier molecular flexibility index (Phi) is 4.26. The Hall–Kier alpha value is -1.91. The maximum atomic E-state index is 4.83. The third kappa shape index (κ3) is 3.23. The van der Waals surface area contributed by atoms with Gasteiger partial charge in [-0.05, 0) is 49.4 Å². The minimum absolute atomic E-state index is 0.762.